The Morgan fingerprint density at radius 2 is 2.04 bits per heavy atom. The highest BCUT2D eigenvalue weighted by molar-refractivity contribution is 5.84. The van der Waals surface area contributed by atoms with Crippen molar-refractivity contribution in [3.05, 3.63) is 35.9 Å². The van der Waals surface area contributed by atoms with Gasteiger partial charge in [0.25, 0.3) is 0 Å². The van der Waals surface area contributed by atoms with Gasteiger partial charge in [0.2, 0.25) is 5.91 Å². The van der Waals surface area contributed by atoms with E-state index in [9.17, 15) is 14.7 Å². The summed E-state index contributed by atoms with van der Waals surface area (Å²) in [6.45, 7) is 3.68. The number of benzene rings is 1. The number of rotatable bonds is 3. The Morgan fingerprint density at radius 1 is 1.29 bits per heavy atom. The van der Waals surface area contributed by atoms with Crippen LogP contribution in [0.5, 0.6) is 0 Å². The number of likely N-dealkylation sites (tertiary alicyclic amines) is 1. The van der Waals surface area contributed by atoms with Gasteiger partial charge in [-0.3, -0.25) is 4.79 Å². The van der Waals surface area contributed by atoms with Crippen molar-refractivity contribution in [1.29, 1.82) is 0 Å². The molecule has 6 heteroatoms. The molecule has 24 heavy (non-hydrogen) atoms. The first kappa shape index (κ1) is 16.8. The summed E-state index contributed by atoms with van der Waals surface area (Å²) < 4.78 is 0. The summed E-state index contributed by atoms with van der Waals surface area (Å²) in [5, 5.41) is 12.8. The highest BCUT2D eigenvalue weighted by Crippen LogP contribution is 2.22. The van der Waals surface area contributed by atoms with Crippen LogP contribution in [0.1, 0.15) is 31.4 Å². The van der Waals surface area contributed by atoms with E-state index in [-0.39, 0.29) is 30.4 Å². The van der Waals surface area contributed by atoms with Gasteiger partial charge in [0, 0.05) is 19.6 Å². The molecule has 3 amide bonds. The summed E-state index contributed by atoms with van der Waals surface area (Å²) in [6.07, 6.45) is 1.05. The molecular formula is C18H25N3O3. The predicted molar refractivity (Wildman–Crippen MR) is 90.3 cm³/mol. The molecule has 0 radical (unpaired) electrons. The van der Waals surface area contributed by atoms with Crippen LogP contribution in [-0.4, -0.2) is 59.1 Å². The largest absolute Gasteiger partial charge is 0.391 e. The number of hydrogen-bond acceptors (Lipinski definition) is 3. The molecule has 0 aromatic heterocycles. The van der Waals surface area contributed by atoms with Gasteiger partial charge in [0.15, 0.2) is 0 Å². The maximum atomic E-state index is 12.4. The van der Waals surface area contributed by atoms with Gasteiger partial charge < -0.3 is 20.2 Å². The number of carbonyl (C=O) groups excluding carboxylic acids is 2. The number of hydrogen-bond donors (Lipinski definition) is 2. The smallest absolute Gasteiger partial charge is 0.318 e. The van der Waals surface area contributed by atoms with Gasteiger partial charge in [-0.25, -0.2) is 4.79 Å². The molecule has 2 aliphatic rings. The maximum Gasteiger partial charge on any atom is 0.318 e. The highest BCUT2D eigenvalue weighted by Gasteiger charge is 2.31. The first-order valence-electron chi connectivity index (χ1n) is 8.59. The van der Waals surface area contributed by atoms with Gasteiger partial charge >= 0.3 is 6.03 Å². The normalized spacial score (nSPS) is 27.8. The quantitative estimate of drug-likeness (QED) is 0.879. The van der Waals surface area contributed by atoms with Crippen LogP contribution in [0.25, 0.3) is 0 Å². The summed E-state index contributed by atoms with van der Waals surface area (Å²) in [7, 11) is 0. The van der Waals surface area contributed by atoms with Crippen molar-refractivity contribution in [3.63, 3.8) is 0 Å². The molecule has 0 saturated carbocycles. The van der Waals surface area contributed by atoms with Crippen molar-refractivity contribution in [2.24, 2.45) is 5.92 Å². The van der Waals surface area contributed by atoms with Crippen LogP contribution in [0.3, 0.4) is 0 Å². The summed E-state index contributed by atoms with van der Waals surface area (Å²) in [6, 6.07) is 9.67. The minimum absolute atomic E-state index is 0.00174. The van der Waals surface area contributed by atoms with E-state index in [0.29, 0.717) is 19.6 Å². The van der Waals surface area contributed by atoms with Gasteiger partial charge in [-0.15, -0.1) is 0 Å². The lowest BCUT2D eigenvalue weighted by Crippen LogP contribution is -2.54. The zero-order valence-corrected chi connectivity index (χ0v) is 14.0. The number of carbonyl (C=O) groups is 2. The minimum Gasteiger partial charge on any atom is -0.391 e. The van der Waals surface area contributed by atoms with Gasteiger partial charge in [-0.2, -0.15) is 0 Å². The standard InChI is InChI=1S/C18H25N3O3/c1-13-9-15(22)11-21(10-13)17(23)12-20-8-7-16(19-18(20)24)14-5-3-2-4-6-14/h2-6,13,15-16,22H,7-12H2,1H3,(H,19,24)/t13-,15+,16?/m1/s1. The maximum absolute atomic E-state index is 12.4. The molecular weight excluding hydrogens is 306 g/mol. The monoisotopic (exact) mass is 331 g/mol. The topological polar surface area (TPSA) is 72.9 Å². The number of nitrogens with one attached hydrogen (secondary N) is 1. The van der Waals surface area contributed by atoms with E-state index in [0.717, 1.165) is 18.4 Å². The van der Waals surface area contributed by atoms with Gasteiger partial charge in [-0.05, 0) is 24.3 Å². The fraction of sp³-hybridized carbons (Fsp3) is 0.556. The lowest BCUT2D eigenvalue weighted by molar-refractivity contribution is -0.136. The Hall–Kier alpha value is -2.08. The van der Waals surface area contributed by atoms with Crippen LogP contribution >= 0.6 is 0 Å². The summed E-state index contributed by atoms with van der Waals surface area (Å²) >= 11 is 0. The van der Waals surface area contributed by atoms with Crippen LogP contribution < -0.4 is 5.32 Å². The van der Waals surface area contributed by atoms with Crippen molar-refractivity contribution in [2.45, 2.75) is 31.9 Å². The van der Waals surface area contributed by atoms with Crippen molar-refractivity contribution >= 4 is 11.9 Å². The van der Waals surface area contributed by atoms with Gasteiger partial charge in [0.05, 0.1) is 12.1 Å². The third-order valence-electron chi connectivity index (χ3n) is 4.79. The average Bonchev–Trinajstić information content (AvgIpc) is 2.56. The molecule has 2 saturated heterocycles. The molecule has 2 fully saturated rings. The average molecular weight is 331 g/mol. The molecule has 1 aromatic carbocycles. The lowest BCUT2D eigenvalue weighted by atomic mass is 9.98. The lowest BCUT2D eigenvalue weighted by Gasteiger charge is -2.37. The van der Waals surface area contributed by atoms with E-state index >= 15 is 0 Å². The van der Waals surface area contributed by atoms with Gasteiger partial charge in [-0.1, -0.05) is 37.3 Å². The fourth-order valence-electron chi connectivity index (χ4n) is 3.57. The van der Waals surface area contributed by atoms with E-state index in [1.165, 1.54) is 0 Å². The zero-order valence-electron chi connectivity index (χ0n) is 14.0. The second-order valence-electron chi connectivity index (χ2n) is 6.92. The summed E-state index contributed by atoms with van der Waals surface area (Å²) in [5.74, 6) is 0.198. The third kappa shape index (κ3) is 3.87. The highest BCUT2D eigenvalue weighted by atomic mass is 16.3. The van der Waals surface area contributed by atoms with E-state index in [1.807, 2.05) is 37.3 Å². The van der Waals surface area contributed by atoms with Crippen LogP contribution in [0.15, 0.2) is 30.3 Å². The molecule has 0 spiro atoms. The number of aliphatic hydroxyl groups excluding tert-OH is 1. The Kier molecular flexibility index (Phi) is 5.04. The van der Waals surface area contributed by atoms with E-state index in [1.54, 1.807) is 9.80 Å². The third-order valence-corrected chi connectivity index (χ3v) is 4.79. The zero-order chi connectivity index (χ0) is 17.1. The summed E-state index contributed by atoms with van der Waals surface area (Å²) in [4.78, 5) is 28.0. The molecule has 2 aliphatic heterocycles. The first-order chi connectivity index (χ1) is 11.5. The summed E-state index contributed by atoms with van der Waals surface area (Å²) in [5.41, 5.74) is 1.09. The molecule has 6 nitrogen and oxygen atoms in total. The van der Waals surface area contributed by atoms with Crippen LogP contribution in [-0.2, 0) is 4.79 Å². The Labute approximate surface area is 142 Å². The van der Waals surface area contributed by atoms with Crippen molar-refractivity contribution in [1.82, 2.24) is 15.1 Å². The number of nitrogens with zero attached hydrogens (tertiary/aromatic N) is 2. The Bertz CT molecular complexity index is 582. The molecule has 3 rings (SSSR count). The Balaban J connectivity index is 1.55. The van der Waals surface area contributed by atoms with Crippen molar-refractivity contribution in [3.8, 4) is 0 Å². The SMILES string of the molecule is C[C@@H]1C[C@H](O)CN(C(=O)CN2CCC(c3ccccc3)NC2=O)C1. The van der Waals surface area contributed by atoms with Gasteiger partial charge in [0.1, 0.15) is 6.54 Å². The van der Waals surface area contributed by atoms with Crippen LogP contribution in [0.2, 0.25) is 0 Å². The predicted octanol–water partition coefficient (Wildman–Crippen LogP) is 1.37. The molecule has 130 valence electrons. The number of piperidine rings is 1. The van der Waals surface area contributed by atoms with Crippen molar-refractivity contribution < 1.29 is 14.7 Å². The Morgan fingerprint density at radius 3 is 2.71 bits per heavy atom. The first-order valence-corrected chi connectivity index (χ1v) is 8.59. The molecule has 0 bridgehead atoms. The van der Waals surface area contributed by atoms with Crippen LogP contribution in [0, 0.1) is 5.92 Å². The van der Waals surface area contributed by atoms with E-state index in [2.05, 4.69) is 5.32 Å². The number of urea groups is 1. The number of amides is 3. The number of β-amino-alcohol motifs (C(OH)–C–C–N with tert-alkyl or cyclic N) is 1. The molecule has 1 aromatic rings. The molecule has 2 N–H and O–H groups in total. The fourth-order valence-corrected chi connectivity index (χ4v) is 3.57. The minimum atomic E-state index is -0.463. The molecule has 2 heterocycles. The van der Waals surface area contributed by atoms with E-state index in [4.69, 9.17) is 0 Å². The molecule has 1 unspecified atom stereocenters. The second kappa shape index (κ2) is 7.21. The molecule has 3 atom stereocenters. The van der Waals surface area contributed by atoms with Crippen LogP contribution in [0.4, 0.5) is 4.79 Å². The second-order valence-corrected chi connectivity index (χ2v) is 6.92. The van der Waals surface area contributed by atoms with Crippen molar-refractivity contribution in [2.75, 3.05) is 26.2 Å². The van der Waals surface area contributed by atoms with E-state index < -0.39 is 6.10 Å². The number of aliphatic hydroxyl groups is 1. The molecule has 0 aliphatic carbocycles.